The number of halogens is 4. The lowest BCUT2D eigenvalue weighted by atomic mass is 10.2. The van der Waals surface area contributed by atoms with Crippen molar-refractivity contribution in [3.63, 3.8) is 0 Å². The molecule has 0 saturated heterocycles. The minimum atomic E-state index is -4.74. The number of hydrogen-bond acceptors (Lipinski definition) is 4. The number of anilines is 1. The van der Waals surface area contributed by atoms with Crippen LogP contribution in [0.3, 0.4) is 0 Å². The maximum Gasteiger partial charge on any atom is 0.436 e. The van der Waals surface area contributed by atoms with Gasteiger partial charge in [-0.3, -0.25) is 19.6 Å². The van der Waals surface area contributed by atoms with E-state index in [2.05, 4.69) is 26.3 Å². The van der Waals surface area contributed by atoms with Gasteiger partial charge in [0.2, 0.25) is 0 Å². The predicted octanol–water partition coefficient (Wildman–Crippen LogP) is 3.36. The van der Waals surface area contributed by atoms with Crippen molar-refractivity contribution in [2.24, 2.45) is 7.05 Å². The highest BCUT2D eigenvalue weighted by Gasteiger charge is 2.39. The van der Waals surface area contributed by atoms with Crippen molar-refractivity contribution in [2.45, 2.75) is 6.18 Å². The summed E-state index contributed by atoms with van der Waals surface area (Å²) < 4.78 is 38.5. The summed E-state index contributed by atoms with van der Waals surface area (Å²) in [5.41, 5.74) is -2.18. The molecule has 1 aromatic carbocycles. The van der Waals surface area contributed by atoms with Gasteiger partial charge in [0.05, 0.1) is 9.40 Å². The van der Waals surface area contributed by atoms with Crippen molar-refractivity contribution in [1.82, 2.24) is 9.78 Å². The van der Waals surface area contributed by atoms with E-state index in [1.165, 1.54) is 18.2 Å². The Labute approximate surface area is 135 Å². The van der Waals surface area contributed by atoms with Gasteiger partial charge >= 0.3 is 6.18 Å². The number of aryl methyl sites for hydroxylation is 1. The maximum atomic E-state index is 12.8. The van der Waals surface area contributed by atoms with Crippen LogP contribution in [0, 0.1) is 10.1 Å². The van der Waals surface area contributed by atoms with Crippen LogP contribution in [0.25, 0.3) is 0 Å². The molecule has 0 aliphatic heterocycles. The minimum Gasteiger partial charge on any atom is -0.315 e. The highest BCUT2D eigenvalue weighted by Crippen LogP contribution is 2.36. The van der Waals surface area contributed by atoms with Gasteiger partial charge in [-0.25, -0.2) is 0 Å². The molecule has 0 bridgehead atoms. The van der Waals surface area contributed by atoms with Gasteiger partial charge in [0, 0.05) is 13.1 Å². The molecule has 0 radical (unpaired) electrons. The third-order valence-electron chi connectivity index (χ3n) is 2.82. The summed E-state index contributed by atoms with van der Waals surface area (Å²) >= 11 is 2.70. The number of nitrogens with zero attached hydrogens (tertiary/aromatic N) is 3. The number of carbonyl (C=O) groups is 1. The third-order valence-corrected chi connectivity index (χ3v) is 3.57. The number of benzene rings is 1. The zero-order valence-corrected chi connectivity index (χ0v) is 13.0. The van der Waals surface area contributed by atoms with Crippen LogP contribution in [0.2, 0.25) is 0 Å². The van der Waals surface area contributed by atoms with Crippen LogP contribution < -0.4 is 5.32 Å². The zero-order valence-electron chi connectivity index (χ0n) is 11.4. The van der Waals surface area contributed by atoms with E-state index in [-0.39, 0.29) is 11.4 Å². The number of nitrogens with one attached hydrogen (secondary N) is 1. The first-order chi connectivity index (χ1) is 10.6. The van der Waals surface area contributed by atoms with Crippen LogP contribution in [0.4, 0.5) is 24.5 Å². The lowest BCUT2D eigenvalue weighted by Crippen LogP contribution is -2.17. The molecule has 1 aromatic heterocycles. The van der Waals surface area contributed by atoms with Crippen molar-refractivity contribution in [3.05, 3.63) is 50.2 Å². The smallest absolute Gasteiger partial charge is 0.315 e. The number of carbonyl (C=O) groups excluding carboxylic acids is 1. The number of hydrogen-bond donors (Lipinski definition) is 1. The van der Waals surface area contributed by atoms with Crippen LogP contribution in [-0.2, 0) is 13.2 Å². The average Bonchev–Trinajstić information content (AvgIpc) is 2.74. The molecule has 23 heavy (non-hydrogen) atoms. The van der Waals surface area contributed by atoms with Gasteiger partial charge in [0.25, 0.3) is 11.6 Å². The van der Waals surface area contributed by atoms with Crippen LogP contribution in [-0.4, -0.2) is 20.6 Å². The van der Waals surface area contributed by atoms with Gasteiger partial charge in [0.15, 0.2) is 5.69 Å². The quantitative estimate of drug-likeness (QED) is 0.640. The fourth-order valence-corrected chi connectivity index (χ4v) is 2.59. The van der Waals surface area contributed by atoms with Crippen LogP contribution in [0.15, 0.2) is 28.7 Å². The Morgan fingerprint density at radius 1 is 1.39 bits per heavy atom. The van der Waals surface area contributed by atoms with Crippen LogP contribution in [0.1, 0.15) is 16.2 Å². The van der Waals surface area contributed by atoms with Gasteiger partial charge in [-0.1, -0.05) is 12.1 Å². The Hall–Kier alpha value is -2.43. The molecule has 2 aromatic rings. The molecular formula is C12H8BrF3N4O3. The molecule has 1 heterocycles. The van der Waals surface area contributed by atoms with E-state index in [1.807, 2.05) is 0 Å². The second-order valence-corrected chi connectivity index (χ2v) is 5.15. The summed E-state index contributed by atoms with van der Waals surface area (Å²) in [5, 5.41) is 16.4. The van der Waals surface area contributed by atoms with Crippen molar-refractivity contribution < 1.29 is 22.9 Å². The molecule has 7 nitrogen and oxygen atoms in total. The zero-order chi connectivity index (χ0) is 17.4. The fourth-order valence-electron chi connectivity index (χ4n) is 1.85. The average molecular weight is 393 g/mol. The number of alkyl halides is 3. The fraction of sp³-hybridized carbons (Fsp3) is 0.167. The van der Waals surface area contributed by atoms with Gasteiger partial charge in [0.1, 0.15) is 11.4 Å². The first kappa shape index (κ1) is 16.9. The Bertz CT molecular complexity index is 788. The number of para-hydroxylation sites is 2. The van der Waals surface area contributed by atoms with Crippen LogP contribution in [0.5, 0.6) is 0 Å². The summed E-state index contributed by atoms with van der Waals surface area (Å²) in [6.07, 6.45) is -4.74. The summed E-state index contributed by atoms with van der Waals surface area (Å²) in [6.45, 7) is 0. The Morgan fingerprint density at radius 3 is 2.52 bits per heavy atom. The Morgan fingerprint density at radius 2 is 2.00 bits per heavy atom. The summed E-state index contributed by atoms with van der Waals surface area (Å²) in [4.78, 5) is 22.4. The molecular weight excluding hydrogens is 385 g/mol. The normalized spacial score (nSPS) is 11.3. The monoisotopic (exact) mass is 392 g/mol. The second-order valence-electron chi connectivity index (χ2n) is 4.36. The molecule has 0 fully saturated rings. The Balaban J connectivity index is 2.40. The van der Waals surface area contributed by atoms with Crippen molar-refractivity contribution in [1.29, 1.82) is 0 Å². The molecule has 0 unspecified atom stereocenters. The molecule has 0 atom stereocenters. The lowest BCUT2D eigenvalue weighted by Gasteiger charge is -2.06. The first-order valence-corrected chi connectivity index (χ1v) is 6.76. The first-order valence-electron chi connectivity index (χ1n) is 5.97. The topological polar surface area (TPSA) is 90.1 Å². The van der Waals surface area contributed by atoms with E-state index in [9.17, 15) is 28.1 Å². The molecule has 0 saturated carbocycles. The summed E-state index contributed by atoms with van der Waals surface area (Å²) in [5.74, 6) is -0.961. The summed E-state index contributed by atoms with van der Waals surface area (Å²) in [6, 6.07) is 5.28. The maximum absolute atomic E-state index is 12.8. The molecule has 0 aliphatic rings. The molecule has 11 heteroatoms. The van der Waals surface area contributed by atoms with Gasteiger partial charge in [-0.15, -0.1) is 0 Å². The van der Waals surface area contributed by atoms with Gasteiger partial charge < -0.3 is 5.32 Å². The number of rotatable bonds is 3. The lowest BCUT2D eigenvalue weighted by molar-refractivity contribution is -0.383. The van der Waals surface area contributed by atoms with E-state index in [1.54, 1.807) is 0 Å². The van der Waals surface area contributed by atoms with E-state index in [4.69, 9.17) is 0 Å². The molecule has 1 N–H and O–H groups in total. The van der Waals surface area contributed by atoms with Crippen molar-refractivity contribution in [2.75, 3.05) is 5.32 Å². The second kappa shape index (κ2) is 5.99. The molecule has 0 spiro atoms. The molecule has 1 amide bonds. The third kappa shape index (κ3) is 3.33. The molecule has 122 valence electrons. The standard InChI is InChI=1S/C12H8BrF3N4O3/c1-19-9(8(13)10(18-19)12(14,15)16)11(21)17-6-4-2-3-5-7(6)20(22)23/h2-5H,1H3,(H,17,21). The van der Waals surface area contributed by atoms with Gasteiger partial charge in [-0.2, -0.15) is 18.3 Å². The number of aromatic nitrogens is 2. The van der Waals surface area contributed by atoms with Crippen molar-refractivity contribution in [3.8, 4) is 0 Å². The Kier molecular flexibility index (Phi) is 4.41. The minimum absolute atomic E-state index is 0.135. The SMILES string of the molecule is Cn1nc(C(F)(F)F)c(Br)c1C(=O)Nc1ccccc1[N+](=O)[O-]. The number of amides is 1. The van der Waals surface area contributed by atoms with E-state index in [0.717, 1.165) is 17.8 Å². The number of nitro groups is 1. The van der Waals surface area contributed by atoms with Crippen molar-refractivity contribution >= 4 is 33.2 Å². The van der Waals surface area contributed by atoms with E-state index >= 15 is 0 Å². The van der Waals surface area contributed by atoms with Gasteiger partial charge in [-0.05, 0) is 22.0 Å². The summed E-state index contributed by atoms with van der Waals surface area (Å²) in [7, 11) is 1.16. The predicted molar refractivity (Wildman–Crippen MR) is 77.0 cm³/mol. The van der Waals surface area contributed by atoms with E-state index < -0.39 is 32.9 Å². The molecule has 2 rings (SSSR count). The van der Waals surface area contributed by atoms with E-state index in [0.29, 0.717) is 0 Å². The van der Waals surface area contributed by atoms with Crippen LogP contribution >= 0.6 is 15.9 Å². The largest absolute Gasteiger partial charge is 0.436 e. The highest BCUT2D eigenvalue weighted by molar-refractivity contribution is 9.10. The number of nitro benzene ring substituents is 1. The molecule has 0 aliphatic carbocycles. The highest BCUT2D eigenvalue weighted by atomic mass is 79.9.